The Labute approximate surface area is 112 Å². The number of alkyl carbamates (subject to hydrolysis) is 1. The second-order valence-corrected chi connectivity index (χ2v) is 4.88. The molecule has 19 heavy (non-hydrogen) atoms. The van der Waals surface area contributed by atoms with Gasteiger partial charge in [0.05, 0.1) is 6.61 Å². The Kier molecular flexibility index (Phi) is 6.89. The summed E-state index contributed by atoms with van der Waals surface area (Å²) in [5.74, 6) is -1.74. The van der Waals surface area contributed by atoms with E-state index < -0.39 is 29.7 Å². The molecule has 0 saturated heterocycles. The molecule has 7 nitrogen and oxygen atoms in total. The minimum absolute atomic E-state index is 0.0525. The van der Waals surface area contributed by atoms with Crippen molar-refractivity contribution in [1.82, 2.24) is 5.32 Å². The molecule has 0 fully saturated rings. The maximum Gasteiger partial charge on any atom is 0.407 e. The normalized spacial score (nSPS) is 12.4. The van der Waals surface area contributed by atoms with Gasteiger partial charge >= 0.3 is 18.0 Å². The highest BCUT2D eigenvalue weighted by atomic mass is 16.6. The first-order chi connectivity index (χ1) is 8.65. The van der Waals surface area contributed by atoms with Crippen molar-refractivity contribution in [3.8, 4) is 0 Å². The van der Waals surface area contributed by atoms with E-state index in [4.69, 9.17) is 9.84 Å². The fourth-order valence-electron chi connectivity index (χ4n) is 1.23. The van der Waals surface area contributed by atoms with Crippen LogP contribution in [0.2, 0.25) is 0 Å². The van der Waals surface area contributed by atoms with Gasteiger partial charge in [0.25, 0.3) is 0 Å². The van der Waals surface area contributed by atoms with Gasteiger partial charge in [-0.15, -0.1) is 0 Å². The fourth-order valence-corrected chi connectivity index (χ4v) is 1.23. The Hall–Kier alpha value is -1.79. The van der Waals surface area contributed by atoms with Crippen LogP contribution in [0.5, 0.6) is 0 Å². The summed E-state index contributed by atoms with van der Waals surface area (Å²) in [6.07, 6.45) is -0.969. The third-order valence-electron chi connectivity index (χ3n) is 1.92. The standard InChI is InChI=1S/C12H21NO6/c1-5-18-11(17)13-8(10(15)16)6-7-9(14)19-12(2,3)4/h8H,5-7H2,1-4H3,(H,13,17)(H,15,16)/t8-/m1/s1. The molecule has 0 aliphatic heterocycles. The third-order valence-corrected chi connectivity index (χ3v) is 1.92. The van der Waals surface area contributed by atoms with Gasteiger partial charge in [-0.25, -0.2) is 9.59 Å². The molecule has 7 heteroatoms. The summed E-state index contributed by atoms with van der Waals surface area (Å²) in [4.78, 5) is 33.5. The van der Waals surface area contributed by atoms with E-state index in [2.05, 4.69) is 10.1 Å². The molecule has 0 aliphatic carbocycles. The number of hydrogen-bond acceptors (Lipinski definition) is 5. The van der Waals surface area contributed by atoms with Gasteiger partial charge in [0.2, 0.25) is 0 Å². The van der Waals surface area contributed by atoms with E-state index >= 15 is 0 Å². The number of carboxylic acid groups (broad SMARTS) is 1. The number of carboxylic acids is 1. The highest BCUT2D eigenvalue weighted by Gasteiger charge is 2.23. The van der Waals surface area contributed by atoms with Crippen molar-refractivity contribution in [2.45, 2.75) is 52.2 Å². The zero-order valence-corrected chi connectivity index (χ0v) is 11.7. The fraction of sp³-hybridized carbons (Fsp3) is 0.750. The minimum Gasteiger partial charge on any atom is -0.480 e. The molecule has 0 bridgehead atoms. The van der Waals surface area contributed by atoms with Gasteiger partial charge in [0.1, 0.15) is 11.6 Å². The Bertz CT molecular complexity index is 334. The number of nitrogens with one attached hydrogen (secondary N) is 1. The first-order valence-corrected chi connectivity index (χ1v) is 6.03. The quantitative estimate of drug-likeness (QED) is 0.708. The summed E-state index contributed by atoms with van der Waals surface area (Å²) in [5, 5.41) is 11.1. The molecule has 0 aromatic rings. The van der Waals surface area contributed by atoms with Crippen LogP contribution < -0.4 is 5.32 Å². The third kappa shape index (κ3) is 8.87. The molecule has 0 rings (SSSR count). The molecule has 0 saturated carbocycles. The molecule has 110 valence electrons. The Balaban J connectivity index is 4.26. The summed E-state index contributed by atoms with van der Waals surface area (Å²) in [7, 11) is 0. The largest absolute Gasteiger partial charge is 0.480 e. The lowest BCUT2D eigenvalue weighted by molar-refractivity contribution is -0.155. The summed E-state index contributed by atoms with van der Waals surface area (Å²) in [6, 6.07) is -1.17. The maximum absolute atomic E-state index is 11.4. The van der Waals surface area contributed by atoms with Crippen LogP contribution >= 0.6 is 0 Å². The molecule has 0 unspecified atom stereocenters. The highest BCUT2D eigenvalue weighted by Crippen LogP contribution is 2.10. The van der Waals surface area contributed by atoms with E-state index in [-0.39, 0.29) is 19.4 Å². The smallest absolute Gasteiger partial charge is 0.407 e. The summed E-state index contributed by atoms with van der Waals surface area (Å²) in [6.45, 7) is 6.91. The van der Waals surface area contributed by atoms with Gasteiger partial charge in [-0.2, -0.15) is 0 Å². The average molecular weight is 275 g/mol. The molecule has 0 heterocycles. The Morgan fingerprint density at radius 3 is 2.26 bits per heavy atom. The number of carbonyl (C=O) groups excluding carboxylic acids is 2. The number of amides is 1. The lowest BCUT2D eigenvalue weighted by Crippen LogP contribution is -2.41. The van der Waals surface area contributed by atoms with Crippen LogP contribution in [0.1, 0.15) is 40.5 Å². The van der Waals surface area contributed by atoms with Crippen molar-refractivity contribution in [3.05, 3.63) is 0 Å². The van der Waals surface area contributed by atoms with Crippen molar-refractivity contribution in [2.24, 2.45) is 0 Å². The van der Waals surface area contributed by atoms with Crippen LogP contribution in [0.3, 0.4) is 0 Å². The lowest BCUT2D eigenvalue weighted by Gasteiger charge is -2.20. The van der Waals surface area contributed by atoms with Crippen molar-refractivity contribution < 1.29 is 29.0 Å². The second kappa shape index (κ2) is 7.60. The van der Waals surface area contributed by atoms with E-state index in [1.807, 2.05) is 0 Å². The average Bonchev–Trinajstić information content (AvgIpc) is 2.21. The summed E-state index contributed by atoms with van der Waals surface area (Å²) in [5.41, 5.74) is -0.621. The second-order valence-electron chi connectivity index (χ2n) is 4.88. The molecule has 2 N–H and O–H groups in total. The van der Waals surface area contributed by atoms with E-state index in [1.54, 1.807) is 27.7 Å². The van der Waals surface area contributed by atoms with Crippen LogP contribution in [0.25, 0.3) is 0 Å². The number of rotatable bonds is 6. The summed E-state index contributed by atoms with van der Waals surface area (Å²) >= 11 is 0. The number of hydrogen-bond donors (Lipinski definition) is 2. The molecule has 0 spiro atoms. The summed E-state index contributed by atoms with van der Waals surface area (Å²) < 4.78 is 9.62. The van der Waals surface area contributed by atoms with Gasteiger partial charge in [-0.1, -0.05) is 0 Å². The molecule has 0 aromatic heterocycles. The van der Waals surface area contributed by atoms with E-state index in [0.717, 1.165) is 0 Å². The molecular formula is C12H21NO6. The number of carbonyl (C=O) groups is 3. The van der Waals surface area contributed by atoms with E-state index in [9.17, 15) is 14.4 Å². The first-order valence-electron chi connectivity index (χ1n) is 6.03. The topological polar surface area (TPSA) is 102 Å². The number of esters is 1. The van der Waals surface area contributed by atoms with Crippen LogP contribution in [0.4, 0.5) is 4.79 Å². The van der Waals surface area contributed by atoms with Crippen LogP contribution in [0.15, 0.2) is 0 Å². The van der Waals surface area contributed by atoms with Crippen LogP contribution in [-0.2, 0) is 19.1 Å². The van der Waals surface area contributed by atoms with E-state index in [1.165, 1.54) is 0 Å². The molecule has 0 aromatic carbocycles. The predicted octanol–water partition coefficient (Wildman–Crippen LogP) is 1.31. The number of ether oxygens (including phenoxy) is 2. The van der Waals surface area contributed by atoms with Crippen molar-refractivity contribution in [1.29, 1.82) is 0 Å². The maximum atomic E-state index is 11.4. The van der Waals surface area contributed by atoms with Crippen molar-refractivity contribution in [2.75, 3.05) is 6.61 Å². The zero-order valence-electron chi connectivity index (χ0n) is 11.7. The highest BCUT2D eigenvalue weighted by molar-refractivity contribution is 5.80. The molecular weight excluding hydrogens is 254 g/mol. The van der Waals surface area contributed by atoms with Gasteiger partial charge in [0.15, 0.2) is 0 Å². The van der Waals surface area contributed by atoms with Gasteiger partial charge in [-0.3, -0.25) is 4.79 Å². The Morgan fingerprint density at radius 2 is 1.84 bits per heavy atom. The molecule has 1 amide bonds. The Morgan fingerprint density at radius 1 is 1.26 bits per heavy atom. The SMILES string of the molecule is CCOC(=O)N[C@H](CCC(=O)OC(C)(C)C)C(=O)O. The van der Waals surface area contributed by atoms with E-state index in [0.29, 0.717) is 0 Å². The van der Waals surface area contributed by atoms with Gasteiger partial charge in [-0.05, 0) is 34.1 Å². The van der Waals surface area contributed by atoms with Crippen LogP contribution in [-0.4, -0.2) is 41.4 Å². The first kappa shape index (κ1) is 17.2. The minimum atomic E-state index is -1.23. The van der Waals surface area contributed by atoms with Crippen LogP contribution in [0, 0.1) is 0 Å². The monoisotopic (exact) mass is 275 g/mol. The molecule has 1 atom stereocenters. The predicted molar refractivity (Wildman–Crippen MR) is 66.7 cm³/mol. The van der Waals surface area contributed by atoms with Crippen molar-refractivity contribution in [3.63, 3.8) is 0 Å². The number of aliphatic carboxylic acids is 1. The lowest BCUT2D eigenvalue weighted by atomic mass is 10.1. The zero-order chi connectivity index (χ0) is 15.1. The van der Waals surface area contributed by atoms with Crippen molar-refractivity contribution >= 4 is 18.0 Å². The van der Waals surface area contributed by atoms with Gasteiger partial charge < -0.3 is 19.9 Å². The van der Waals surface area contributed by atoms with Gasteiger partial charge in [0, 0.05) is 6.42 Å². The molecule has 0 radical (unpaired) electrons. The molecule has 0 aliphatic rings.